The number of rotatable bonds is 9. The first-order chi connectivity index (χ1) is 8.33. The van der Waals surface area contributed by atoms with E-state index in [1.165, 1.54) is 46.0 Å². The molecular weight excluding hydrogens is 304 g/mol. The Balaban J connectivity index is 1.83. The summed E-state index contributed by atoms with van der Waals surface area (Å²) in [5.41, 5.74) is 0. The molecule has 1 rings (SSSR count). The molecule has 0 spiro atoms. The van der Waals surface area contributed by atoms with E-state index in [9.17, 15) is 0 Å². The van der Waals surface area contributed by atoms with E-state index in [0.29, 0.717) is 0 Å². The van der Waals surface area contributed by atoms with Gasteiger partial charge in [0.25, 0.3) is 0 Å². The molecule has 0 amide bonds. The van der Waals surface area contributed by atoms with Gasteiger partial charge in [-0.2, -0.15) is 58.8 Å². The lowest BCUT2D eigenvalue weighted by Gasteiger charge is -2.20. The molecule has 1 aliphatic heterocycles. The van der Waals surface area contributed by atoms with Crippen molar-refractivity contribution in [1.82, 2.24) is 0 Å². The van der Waals surface area contributed by atoms with Crippen LogP contribution in [0.4, 0.5) is 0 Å². The van der Waals surface area contributed by atoms with E-state index in [-0.39, 0.29) is 0 Å². The van der Waals surface area contributed by atoms with Gasteiger partial charge in [0.05, 0.1) is 0 Å². The molecule has 0 N–H and O–H groups in total. The van der Waals surface area contributed by atoms with Crippen molar-refractivity contribution in [2.45, 2.75) is 24.3 Å². The predicted octanol–water partition coefficient (Wildman–Crippen LogP) is 4.44. The second-order valence-corrected chi connectivity index (χ2v) is 10.6. The second-order valence-electron chi connectivity index (χ2n) is 3.98. The van der Waals surface area contributed by atoms with Gasteiger partial charge in [0.1, 0.15) is 0 Å². The first kappa shape index (κ1) is 16.8. The van der Waals surface area contributed by atoms with Gasteiger partial charge in [-0.05, 0) is 5.75 Å². The molecule has 0 aromatic heterocycles. The van der Waals surface area contributed by atoms with Crippen molar-refractivity contribution in [2.24, 2.45) is 0 Å². The van der Waals surface area contributed by atoms with E-state index in [4.69, 9.17) is 0 Å². The monoisotopic (exact) mass is 328 g/mol. The van der Waals surface area contributed by atoms with Gasteiger partial charge in [0, 0.05) is 50.8 Å². The maximum Gasteiger partial charge on any atom is 0.0229 e. The summed E-state index contributed by atoms with van der Waals surface area (Å²) in [5.74, 6) is 10.8. The summed E-state index contributed by atoms with van der Waals surface area (Å²) < 4.78 is 0. The van der Waals surface area contributed by atoms with Crippen LogP contribution in [0.15, 0.2) is 0 Å². The molecule has 1 saturated heterocycles. The minimum Gasteiger partial charge on any atom is -0.160 e. The van der Waals surface area contributed by atoms with Crippen molar-refractivity contribution in [2.75, 3.05) is 46.0 Å². The Bertz CT molecular complexity index is 170. The third-order valence-corrected chi connectivity index (χ3v) is 9.32. The lowest BCUT2D eigenvalue weighted by Crippen LogP contribution is -2.16. The normalized spacial score (nSPS) is 22.6. The summed E-state index contributed by atoms with van der Waals surface area (Å²) in [4.78, 5) is 0. The van der Waals surface area contributed by atoms with Crippen LogP contribution in [-0.2, 0) is 0 Å². The zero-order chi connectivity index (χ0) is 12.3. The molecule has 0 aliphatic carbocycles. The lowest BCUT2D eigenvalue weighted by atomic mass is 10.5. The maximum absolute atomic E-state index is 2.35. The molecule has 0 bridgehead atoms. The first-order valence-corrected chi connectivity index (χ1v) is 11.9. The Kier molecular flexibility index (Phi) is 11.4. The van der Waals surface area contributed by atoms with Crippen molar-refractivity contribution in [3.8, 4) is 0 Å². The van der Waals surface area contributed by atoms with Crippen LogP contribution in [0.1, 0.15) is 13.8 Å². The summed E-state index contributed by atoms with van der Waals surface area (Å²) in [6.07, 6.45) is 0. The van der Waals surface area contributed by atoms with Gasteiger partial charge >= 0.3 is 0 Å². The molecule has 1 fully saturated rings. The average molecular weight is 329 g/mol. The molecule has 0 aromatic carbocycles. The highest BCUT2D eigenvalue weighted by Crippen LogP contribution is 2.27. The fourth-order valence-electron chi connectivity index (χ4n) is 1.55. The Labute approximate surface area is 128 Å². The molecule has 1 heterocycles. The smallest absolute Gasteiger partial charge is 0.0229 e. The highest BCUT2D eigenvalue weighted by atomic mass is 32.2. The Morgan fingerprint density at radius 2 is 2.06 bits per heavy atom. The summed E-state index contributed by atoms with van der Waals surface area (Å²) in [6.45, 7) is 4.60. The maximum atomic E-state index is 2.35. The lowest BCUT2D eigenvalue weighted by molar-refractivity contribution is 1.12. The SMILES string of the molecule is CCSC(C)CSCCSCC1CSCCS1. The van der Waals surface area contributed by atoms with Crippen molar-refractivity contribution >= 4 is 58.8 Å². The van der Waals surface area contributed by atoms with Crippen LogP contribution in [0.5, 0.6) is 0 Å². The first-order valence-electron chi connectivity index (χ1n) is 6.29. The summed E-state index contributed by atoms with van der Waals surface area (Å²) >= 11 is 10.7. The van der Waals surface area contributed by atoms with E-state index < -0.39 is 0 Å². The van der Waals surface area contributed by atoms with E-state index in [0.717, 1.165) is 10.5 Å². The molecule has 0 radical (unpaired) electrons. The number of thioether (sulfide) groups is 5. The zero-order valence-corrected chi connectivity index (χ0v) is 14.9. The molecule has 102 valence electrons. The molecular formula is C12H24S5. The van der Waals surface area contributed by atoms with Crippen LogP contribution in [0.25, 0.3) is 0 Å². The van der Waals surface area contributed by atoms with Gasteiger partial charge in [-0.3, -0.25) is 0 Å². The highest BCUT2D eigenvalue weighted by Gasteiger charge is 2.13. The summed E-state index contributed by atoms with van der Waals surface area (Å²) in [6, 6.07) is 0. The molecule has 0 nitrogen and oxygen atoms in total. The van der Waals surface area contributed by atoms with E-state index in [1.807, 2.05) is 0 Å². The van der Waals surface area contributed by atoms with Crippen LogP contribution in [0, 0.1) is 0 Å². The fourth-order valence-corrected chi connectivity index (χ4v) is 8.01. The van der Waals surface area contributed by atoms with Crippen LogP contribution in [-0.4, -0.2) is 56.5 Å². The Morgan fingerprint density at radius 1 is 1.24 bits per heavy atom. The number of hydrogen-bond donors (Lipinski definition) is 0. The van der Waals surface area contributed by atoms with Gasteiger partial charge in [0.15, 0.2) is 0 Å². The van der Waals surface area contributed by atoms with Crippen molar-refractivity contribution < 1.29 is 0 Å². The molecule has 2 unspecified atom stereocenters. The summed E-state index contributed by atoms with van der Waals surface area (Å²) in [5, 5.41) is 1.76. The molecule has 1 aliphatic rings. The van der Waals surface area contributed by atoms with E-state index in [1.54, 1.807) is 0 Å². The van der Waals surface area contributed by atoms with E-state index >= 15 is 0 Å². The van der Waals surface area contributed by atoms with Gasteiger partial charge in [-0.1, -0.05) is 13.8 Å². The van der Waals surface area contributed by atoms with E-state index in [2.05, 4.69) is 72.7 Å². The largest absolute Gasteiger partial charge is 0.160 e. The fraction of sp³-hybridized carbons (Fsp3) is 1.00. The van der Waals surface area contributed by atoms with Gasteiger partial charge in [-0.15, -0.1) is 0 Å². The zero-order valence-electron chi connectivity index (χ0n) is 10.9. The van der Waals surface area contributed by atoms with Crippen LogP contribution in [0.2, 0.25) is 0 Å². The number of hydrogen-bond acceptors (Lipinski definition) is 5. The quantitative estimate of drug-likeness (QED) is 0.572. The van der Waals surface area contributed by atoms with Gasteiger partial charge in [0.2, 0.25) is 0 Å². The standard InChI is InChI=1S/C12H24S5/c1-3-16-11(2)8-13-4-5-14-9-12-10-15-6-7-17-12/h11-12H,3-10H2,1-2H3. The molecule has 5 heteroatoms. The second kappa shape index (κ2) is 11.6. The Hall–Kier alpha value is 1.75. The Morgan fingerprint density at radius 3 is 2.76 bits per heavy atom. The highest BCUT2D eigenvalue weighted by molar-refractivity contribution is 8.08. The molecule has 2 atom stereocenters. The van der Waals surface area contributed by atoms with Crippen LogP contribution < -0.4 is 0 Å². The predicted molar refractivity (Wildman–Crippen MR) is 95.8 cm³/mol. The topological polar surface area (TPSA) is 0 Å². The molecule has 17 heavy (non-hydrogen) atoms. The van der Waals surface area contributed by atoms with Crippen LogP contribution >= 0.6 is 58.8 Å². The third-order valence-electron chi connectivity index (χ3n) is 2.36. The summed E-state index contributed by atoms with van der Waals surface area (Å²) in [7, 11) is 0. The van der Waals surface area contributed by atoms with Gasteiger partial charge in [-0.25, -0.2) is 0 Å². The van der Waals surface area contributed by atoms with Crippen molar-refractivity contribution in [3.05, 3.63) is 0 Å². The third kappa shape index (κ3) is 9.31. The minimum atomic E-state index is 0.834. The van der Waals surface area contributed by atoms with Gasteiger partial charge < -0.3 is 0 Å². The minimum absolute atomic E-state index is 0.834. The van der Waals surface area contributed by atoms with Crippen molar-refractivity contribution in [3.63, 3.8) is 0 Å². The average Bonchev–Trinajstić information content (AvgIpc) is 2.35. The van der Waals surface area contributed by atoms with Crippen molar-refractivity contribution in [1.29, 1.82) is 0 Å². The molecule has 0 aromatic rings. The van der Waals surface area contributed by atoms with Crippen LogP contribution in [0.3, 0.4) is 0 Å². The molecule has 0 saturated carbocycles.